The summed E-state index contributed by atoms with van der Waals surface area (Å²) in [5.74, 6) is -0.326. The van der Waals surface area contributed by atoms with E-state index in [4.69, 9.17) is 4.42 Å². The van der Waals surface area contributed by atoms with Crippen molar-refractivity contribution in [1.82, 2.24) is 0 Å². The minimum absolute atomic E-state index is 0.155. The third-order valence-electron chi connectivity index (χ3n) is 5.04. The summed E-state index contributed by atoms with van der Waals surface area (Å²) in [6.07, 6.45) is 1.83. The Hall–Kier alpha value is -3.90. The number of hydrogen-bond acceptors (Lipinski definition) is 4. The maximum absolute atomic E-state index is 12.7. The normalized spacial score (nSPS) is 11.0. The number of benzene rings is 3. The van der Waals surface area contributed by atoms with Gasteiger partial charge in [-0.1, -0.05) is 42.5 Å². The topological polar surface area (TPSA) is 71.3 Å². The highest BCUT2D eigenvalue weighted by molar-refractivity contribution is 7.12. The van der Waals surface area contributed by atoms with Crippen LogP contribution in [0.4, 0.5) is 11.4 Å². The zero-order valence-electron chi connectivity index (χ0n) is 16.4. The fourth-order valence-corrected chi connectivity index (χ4v) is 4.28. The number of hydrogen-bond donors (Lipinski definition) is 2. The molecule has 0 aliphatic carbocycles. The molecule has 5 aromatic rings. The maximum Gasteiger partial charge on any atom is 0.265 e. The number of carbonyl (C=O) groups is 2. The van der Waals surface area contributed by atoms with Gasteiger partial charge in [-0.25, -0.2) is 0 Å². The van der Waals surface area contributed by atoms with Gasteiger partial charge in [-0.15, -0.1) is 11.3 Å². The van der Waals surface area contributed by atoms with Crippen LogP contribution >= 0.6 is 11.3 Å². The summed E-state index contributed by atoms with van der Waals surface area (Å²) in [6.45, 7) is 0. The molecule has 0 atom stereocenters. The summed E-state index contributed by atoms with van der Waals surface area (Å²) in [5, 5.41) is 10.8. The lowest BCUT2D eigenvalue weighted by molar-refractivity contribution is -0.115. The Labute approximate surface area is 182 Å². The highest BCUT2D eigenvalue weighted by atomic mass is 32.1. The van der Waals surface area contributed by atoms with Gasteiger partial charge in [-0.3, -0.25) is 9.59 Å². The van der Waals surface area contributed by atoms with Crippen molar-refractivity contribution in [2.45, 2.75) is 6.42 Å². The van der Waals surface area contributed by atoms with Gasteiger partial charge in [0.15, 0.2) is 0 Å². The first-order valence-electron chi connectivity index (χ1n) is 9.80. The summed E-state index contributed by atoms with van der Waals surface area (Å²) in [7, 11) is 0. The van der Waals surface area contributed by atoms with Gasteiger partial charge in [0.05, 0.1) is 17.6 Å². The van der Waals surface area contributed by atoms with Crippen molar-refractivity contribution in [2.24, 2.45) is 0 Å². The van der Waals surface area contributed by atoms with Crippen molar-refractivity contribution in [1.29, 1.82) is 0 Å². The lowest BCUT2D eigenvalue weighted by atomic mass is 10.0. The molecule has 31 heavy (non-hydrogen) atoms. The van der Waals surface area contributed by atoms with E-state index in [0.29, 0.717) is 16.3 Å². The van der Waals surface area contributed by atoms with Crippen LogP contribution in [0.2, 0.25) is 0 Å². The summed E-state index contributed by atoms with van der Waals surface area (Å²) < 4.78 is 5.68. The highest BCUT2D eigenvalue weighted by Gasteiger charge is 2.14. The number of anilines is 2. The Balaban J connectivity index is 1.33. The molecule has 0 bridgehead atoms. The van der Waals surface area contributed by atoms with Crippen molar-refractivity contribution < 1.29 is 14.0 Å². The molecule has 6 heteroatoms. The van der Waals surface area contributed by atoms with Crippen molar-refractivity contribution in [2.75, 3.05) is 10.6 Å². The monoisotopic (exact) mass is 426 g/mol. The van der Waals surface area contributed by atoms with Gasteiger partial charge < -0.3 is 15.1 Å². The lowest BCUT2D eigenvalue weighted by Gasteiger charge is -2.08. The quantitative estimate of drug-likeness (QED) is 0.358. The molecule has 2 amide bonds. The van der Waals surface area contributed by atoms with E-state index in [1.165, 1.54) is 11.3 Å². The van der Waals surface area contributed by atoms with Crippen LogP contribution in [0, 0.1) is 0 Å². The van der Waals surface area contributed by atoms with Crippen molar-refractivity contribution >= 4 is 56.3 Å². The molecule has 2 N–H and O–H groups in total. The number of fused-ring (bicyclic) bond motifs is 3. The third-order valence-corrected chi connectivity index (χ3v) is 5.91. The Morgan fingerprint density at radius 1 is 0.871 bits per heavy atom. The van der Waals surface area contributed by atoms with Crippen LogP contribution in [-0.4, -0.2) is 11.8 Å². The molecule has 2 aromatic heterocycles. The average molecular weight is 426 g/mol. The van der Waals surface area contributed by atoms with Crippen LogP contribution in [0.15, 0.2) is 88.9 Å². The van der Waals surface area contributed by atoms with Gasteiger partial charge in [-0.2, -0.15) is 0 Å². The van der Waals surface area contributed by atoms with Crippen LogP contribution in [0.1, 0.15) is 15.2 Å². The van der Waals surface area contributed by atoms with Crippen LogP contribution in [-0.2, 0) is 11.2 Å². The zero-order valence-corrected chi connectivity index (χ0v) is 17.2. The molecule has 3 aromatic carbocycles. The zero-order chi connectivity index (χ0) is 21.2. The first-order chi connectivity index (χ1) is 15.2. The standard InChI is InChI=1S/C25H18N2O3S/c28-23(13-17-15-30-21-11-10-16-5-1-2-8-20(16)24(17)21)26-18-6-3-7-19(14-18)27-25(29)22-9-4-12-31-22/h1-12,14-15H,13H2,(H,26,28)(H,27,29). The number of furan rings is 1. The molecule has 0 unspecified atom stereocenters. The second kappa shape index (κ2) is 8.08. The molecule has 5 rings (SSSR count). The van der Waals surface area contributed by atoms with Gasteiger partial charge in [0.1, 0.15) is 5.58 Å². The first-order valence-corrected chi connectivity index (χ1v) is 10.7. The van der Waals surface area contributed by atoms with E-state index in [-0.39, 0.29) is 18.2 Å². The Bertz CT molecular complexity index is 1400. The number of nitrogens with one attached hydrogen (secondary N) is 2. The van der Waals surface area contributed by atoms with Crippen LogP contribution in [0.5, 0.6) is 0 Å². The Kier molecular flexibility index (Phi) is 4.98. The molecule has 152 valence electrons. The van der Waals surface area contributed by atoms with Gasteiger partial charge >= 0.3 is 0 Å². The number of amides is 2. The van der Waals surface area contributed by atoms with Crippen molar-refractivity contribution in [3.63, 3.8) is 0 Å². The van der Waals surface area contributed by atoms with E-state index < -0.39 is 0 Å². The van der Waals surface area contributed by atoms with Gasteiger partial charge in [0.2, 0.25) is 5.91 Å². The lowest BCUT2D eigenvalue weighted by Crippen LogP contribution is -2.15. The van der Waals surface area contributed by atoms with E-state index in [0.717, 1.165) is 27.3 Å². The fraction of sp³-hybridized carbons (Fsp3) is 0.0400. The van der Waals surface area contributed by atoms with Crippen LogP contribution in [0.3, 0.4) is 0 Å². The van der Waals surface area contributed by atoms with Crippen LogP contribution < -0.4 is 10.6 Å². The van der Waals surface area contributed by atoms with Gasteiger partial charge in [0.25, 0.3) is 5.91 Å². The van der Waals surface area contributed by atoms with Gasteiger partial charge in [-0.05, 0) is 46.5 Å². The maximum atomic E-state index is 12.7. The number of thiophene rings is 1. The largest absolute Gasteiger partial charge is 0.464 e. The highest BCUT2D eigenvalue weighted by Crippen LogP contribution is 2.30. The molecular formula is C25H18N2O3S. The molecule has 0 radical (unpaired) electrons. The molecule has 0 fully saturated rings. The molecular weight excluding hydrogens is 408 g/mol. The molecule has 0 aliphatic heterocycles. The minimum Gasteiger partial charge on any atom is -0.464 e. The predicted octanol–water partition coefficient (Wildman–Crippen LogP) is 6.08. The predicted molar refractivity (Wildman–Crippen MR) is 125 cm³/mol. The van der Waals surface area contributed by atoms with E-state index in [9.17, 15) is 9.59 Å². The van der Waals surface area contributed by atoms with Gasteiger partial charge in [0, 0.05) is 22.3 Å². The molecule has 5 nitrogen and oxygen atoms in total. The summed E-state index contributed by atoms with van der Waals surface area (Å²) in [5.41, 5.74) is 2.84. The Morgan fingerprint density at radius 3 is 2.55 bits per heavy atom. The van der Waals surface area contributed by atoms with E-state index in [1.807, 2.05) is 47.8 Å². The third kappa shape index (κ3) is 3.93. The summed E-state index contributed by atoms with van der Waals surface area (Å²) in [6, 6.07) is 22.7. The van der Waals surface area contributed by atoms with Crippen molar-refractivity contribution in [3.8, 4) is 0 Å². The van der Waals surface area contributed by atoms with E-state index >= 15 is 0 Å². The molecule has 0 saturated carbocycles. The fourth-order valence-electron chi connectivity index (χ4n) is 3.66. The van der Waals surface area contributed by atoms with Crippen LogP contribution in [0.25, 0.3) is 21.7 Å². The molecule has 0 saturated heterocycles. The SMILES string of the molecule is O=C(Cc1coc2ccc3ccccc3c12)Nc1cccc(NC(=O)c2cccs2)c1. The van der Waals surface area contributed by atoms with E-state index in [1.54, 1.807) is 36.6 Å². The van der Waals surface area contributed by atoms with Crippen molar-refractivity contribution in [3.05, 3.63) is 94.9 Å². The first kappa shape index (κ1) is 19.1. The minimum atomic E-state index is -0.171. The number of rotatable bonds is 5. The average Bonchev–Trinajstić information content (AvgIpc) is 3.45. The summed E-state index contributed by atoms with van der Waals surface area (Å²) >= 11 is 1.38. The van der Waals surface area contributed by atoms with E-state index in [2.05, 4.69) is 10.6 Å². The molecule has 2 heterocycles. The second-order valence-electron chi connectivity index (χ2n) is 7.16. The molecule has 0 aliphatic rings. The summed E-state index contributed by atoms with van der Waals surface area (Å²) in [4.78, 5) is 25.6. The Morgan fingerprint density at radius 2 is 1.71 bits per heavy atom. The smallest absolute Gasteiger partial charge is 0.265 e. The molecule has 0 spiro atoms. The number of carbonyl (C=O) groups excluding carboxylic acids is 2. The second-order valence-corrected chi connectivity index (χ2v) is 8.11.